The number of hydrogen-bond acceptors (Lipinski definition) is 5. The van der Waals surface area contributed by atoms with E-state index >= 15 is 4.39 Å². The summed E-state index contributed by atoms with van der Waals surface area (Å²) < 4.78 is 57.2. The molecule has 1 aromatic carbocycles. The van der Waals surface area contributed by atoms with Crippen LogP contribution in [0.2, 0.25) is 5.15 Å². The summed E-state index contributed by atoms with van der Waals surface area (Å²) in [5.74, 6) is -2.06. The average molecular weight is 546 g/mol. The second-order valence-electron chi connectivity index (χ2n) is 8.39. The highest BCUT2D eigenvalue weighted by atomic mass is 35.5. The summed E-state index contributed by atoms with van der Waals surface area (Å²) in [5.41, 5.74) is -2.21. The minimum atomic E-state index is -4.80. The smallest absolute Gasteiger partial charge is 0.417 e. The Morgan fingerprint density at radius 1 is 1.18 bits per heavy atom. The molecule has 0 aliphatic rings. The number of halogens is 5. The second-order valence-corrected chi connectivity index (χ2v) is 8.78. The first kappa shape index (κ1) is 25.2. The summed E-state index contributed by atoms with van der Waals surface area (Å²) in [6.45, 7) is 0.986. The van der Waals surface area contributed by atoms with Gasteiger partial charge in [-0.1, -0.05) is 11.6 Å². The minimum absolute atomic E-state index is 0.00284. The highest BCUT2D eigenvalue weighted by Gasteiger charge is 2.32. The zero-order valence-corrected chi connectivity index (χ0v) is 20.1. The Morgan fingerprint density at radius 3 is 2.66 bits per heavy atom. The maximum absolute atomic E-state index is 15.3. The summed E-state index contributed by atoms with van der Waals surface area (Å²) in [7, 11) is 0. The highest BCUT2D eigenvalue weighted by Crippen LogP contribution is 2.33. The van der Waals surface area contributed by atoms with Gasteiger partial charge in [0, 0.05) is 46.5 Å². The number of carbonyl (C=O) groups is 1. The lowest BCUT2D eigenvalue weighted by atomic mass is 10.0. The molecule has 0 saturated carbocycles. The molecule has 194 valence electrons. The van der Waals surface area contributed by atoms with Gasteiger partial charge in [0.2, 0.25) is 0 Å². The summed E-state index contributed by atoms with van der Waals surface area (Å²) in [6.07, 6.45) is -2.62. The van der Waals surface area contributed by atoms with E-state index in [4.69, 9.17) is 11.6 Å². The van der Waals surface area contributed by atoms with E-state index in [9.17, 15) is 27.9 Å². The standard InChI is InChI=1S/C25H16ClF4N5O3/c1-11-20(15-2-3-16-14(19(15)27)6-7-31-16)34-22-12(8-13(25(28,29)30)10-35(22)23(11)36)9-32-17-4-5-18(26)33-21(17)24(37)38/h2-8,10,31-32H,9H2,1H3,(H,37,38). The fourth-order valence-electron chi connectivity index (χ4n) is 4.15. The lowest BCUT2D eigenvalue weighted by Crippen LogP contribution is -2.23. The Kier molecular flexibility index (Phi) is 6.06. The highest BCUT2D eigenvalue weighted by molar-refractivity contribution is 6.29. The molecule has 38 heavy (non-hydrogen) atoms. The van der Waals surface area contributed by atoms with Crippen molar-refractivity contribution in [2.24, 2.45) is 0 Å². The lowest BCUT2D eigenvalue weighted by molar-refractivity contribution is -0.137. The average Bonchev–Trinajstić information content (AvgIpc) is 3.35. The van der Waals surface area contributed by atoms with Gasteiger partial charge in [0.15, 0.2) is 5.69 Å². The first-order valence-electron chi connectivity index (χ1n) is 11.0. The number of anilines is 1. The molecule has 0 unspecified atom stereocenters. The molecular weight excluding hydrogens is 530 g/mol. The van der Waals surface area contributed by atoms with Crippen molar-refractivity contribution >= 4 is 39.8 Å². The van der Waals surface area contributed by atoms with E-state index in [1.165, 1.54) is 31.2 Å². The van der Waals surface area contributed by atoms with Crippen molar-refractivity contribution in [1.82, 2.24) is 19.4 Å². The quantitative estimate of drug-likeness (QED) is 0.194. The first-order valence-corrected chi connectivity index (χ1v) is 11.4. The van der Waals surface area contributed by atoms with Crippen molar-refractivity contribution in [2.75, 3.05) is 5.32 Å². The molecule has 0 amide bonds. The van der Waals surface area contributed by atoms with Crippen LogP contribution in [-0.4, -0.2) is 30.4 Å². The zero-order valence-electron chi connectivity index (χ0n) is 19.3. The predicted octanol–water partition coefficient (Wildman–Crippen LogP) is 5.67. The number of aromatic carboxylic acids is 1. The predicted molar refractivity (Wildman–Crippen MR) is 132 cm³/mol. The summed E-state index contributed by atoms with van der Waals surface area (Å²) in [4.78, 5) is 35.8. The molecule has 4 aromatic heterocycles. The molecular formula is C25H16ClF4N5O3. The Labute approximate surface area is 215 Å². The number of aromatic amines is 1. The normalized spacial score (nSPS) is 11.8. The molecule has 0 radical (unpaired) electrons. The maximum atomic E-state index is 15.3. The number of rotatable bonds is 5. The van der Waals surface area contributed by atoms with Crippen LogP contribution < -0.4 is 10.9 Å². The molecule has 0 aliphatic heterocycles. The van der Waals surface area contributed by atoms with Crippen molar-refractivity contribution in [1.29, 1.82) is 0 Å². The van der Waals surface area contributed by atoms with Crippen LogP contribution in [0.5, 0.6) is 0 Å². The van der Waals surface area contributed by atoms with Crippen LogP contribution in [0.3, 0.4) is 0 Å². The maximum Gasteiger partial charge on any atom is 0.417 e. The van der Waals surface area contributed by atoms with Crippen LogP contribution >= 0.6 is 11.6 Å². The van der Waals surface area contributed by atoms with Crippen LogP contribution in [0, 0.1) is 12.7 Å². The second kappa shape index (κ2) is 9.14. The van der Waals surface area contributed by atoms with Gasteiger partial charge in [0.25, 0.3) is 5.56 Å². The molecule has 3 N–H and O–H groups in total. The third-order valence-corrected chi connectivity index (χ3v) is 6.22. The minimum Gasteiger partial charge on any atom is -0.476 e. The number of nitrogens with zero attached hydrogens (tertiary/aromatic N) is 3. The summed E-state index contributed by atoms with van der Waals surface area (Å²) in [6, 6.07) is 7.97. The zero-order chi connectivity index (χ0) is 27.4. The van der Waals surface area contributed by atoms with E-state index in [1.807, 2.05) is 0 Å². The summed E-state index contributed by atoms with van der Waals surface area (Å²) in [5, 5.41) is 12.3. The number of carboxylic acids is 1. The molecule has 13 heteroatoms. The molecule has 0 spiro atoms. The molecule has 4 heterocycles. The van der Waals surface area contributed by atoms with Crippen LogP contribution in [0.4, 0.5) is 23.2 Å². The number of carboxylic acid groups (broad SMARTS) is 1. The van der Waals surface area contributed by atoms with Crippen LogP contribution in [0.15, 0.2) is 53.6 Å². The van der Waals surface area contributed by atoms with Gasteiger partial charge >= 0.3 is 12.1 Å². The third kappa shape index (κ3) is 4.32. The van der Waals surface area contributed by atoms with Crippen LogP contribution in [0.25, 0.3) is 27.8 Å². The molecule has 5 rings (SSSR count). The first-order chi connectivity index (χ1) is 18.0. The van der Waals surface area contributed by atoms with E-state index in [0.29, 0.717) is 11.7 Å². The Bertz CT molecular complexity index is 1810. The van der Waals surface area contributed by atoms with Gasteiger partial charge in [0.05, 0.1) is 16.9 Å². The van der Waals surface area contributed by atoms with Gasteiger partial charge in [-0.25, -0.2) is 19.2 Å². The SMILES string of the molecule is Cc1c(-c2ccc3[nH]ccc3c2F)nc2c(CNc3ccc(Cl)nc3C(=O)O)cc(C(F)(F)F)cn2c1=O. The van der Waals surface area contributed by atoms with Gasteiger partial charge in [-0.2, -0.15) is 13.2 Å². The molecule has 0 bridgehead atoms. The summed E-state index contributed by atoms with van der Waals surface area (Å²) >= 11 is 5.77. The Hall–Kier alpha value is -4.45. The van der Waals surface area contributed by atoms with Gasteiger partial charge < -0.3 is 15.4 Å². The van der Waals surface area contributed by atoms with Crippen LogP contribution in [0.1, 0.15) is 27.2 Å². The van der Waals surface area contributed by atoms with E-state index in [1.54, 1.807) is 12.3 Å². The van der Waals surface area contributed by atoms with Crippen LogP contribution in [-0.2, 0) is 12.7 Å². The van der Waals surface area contributed by atoms with E-state index in [-0.39, 0.29) is 50.8 Å². The Morgan fingerprint density at radius 2 is 1.95 bits per heavy atom. The monoisotopic (exact) mass is 545 g/mol. The topological polar surface area (TPSA) is 112 Å². The van der Waals surface area contributed by atoms with Gasteiger partial charge in [-0.15, -0.1) is 0 Å². The molecule has 5 aromatic rings. The molecule has 0 fully saturated rings. The van der Waals surface area contributed by atoms with Crippen molar-refractivity contribution in [2.45, 2.75) is 19.6 Å². The number of pyridine rings is 2. The fourth-order valence-corrected chi connectivity index (χ4v) is 4.30. The van der Waals surface area contributed by atoms with Gasteiger partial charge in [-0.3, -0.25) is 9.20 Å². The lowest BCUT2D eigenvalue weighted by Gasteiger charge is -2.16. The molecule has 0 saturated heterocycles. The number of fused-ring (bicyclic) bond motifs is 2. The van der Waals surface area contributed by atoms with E-state index in [2.05, 4.69) is 20.3 Å². The van der Waals surface area contributed by atoms with Crippen molar-refractivity contribution < 1.29 is 27.5 Å². The molecule has 0 atom stereocenters. The number of H-pyrrole nitrogens is 1. The molecule has 0 aliphatic carbocycles. The van der Waals surface area contributed by atoms with E-state index in [0.717, 1.165) is 10.5 Å². The number of aromatic nitrogens is 4. The van der Waals surface area contributed by atoms with Crippen molar-refractivity contribution in [3.63, 3.8) is 0 Å². The van der Waals surface area contributed by atoms with Gasteiger partial charge in [-0.05, 0) is 43.3 Å². The largest absolute Gasteiger partial charge is 0.476 e. The van der Waals surface area contributed by atoms with Crippen molar-refractivity contribution in [3.05, 3.63) is 92.5 Å². The van der Waals surface area contributed by atoms with Gasteiger partial charge in [0.1, 0.15) is 16.6 Å². The number of hydrogen-bond donors (Lipinski definition) is 3. The fraction of sp³-hybridized carbons (Fsp3) is 0.120. The molecule has 8 nitrogen and oxygen atoms in total. The van der Waals surface area contributed by atoms with E-state index < -0.39 is 34.8 Å². The number of benzene rings is 1. The third-order valence-electron chi connectivity index (χ3n) is 6.01. The number of nitrogens with one attached hydrogen (secondary N) is 2. The Balaban J connectivity index is 1.71. The van der Waals surface area contributed by atoms with Crippen molar-refractivity contribution in [3.8, 4) is 11.3 Å². The number of alkyl halides is 3.